The number of para-hydroxylation sites is 7. The Balaban J connectivity index is 0.000000132. The molecule has 10 nitrogen and oxygen atoms in total. The fraction of sp³-hybridized carbons (Fsp3) is 0. The van der Waals surface area contributed by atoms with Crippen LogP contribution >= 0.6 is 11.3 Å². The number of fused-ring (bicyclic) bond motifs is 21. The number of hydrogen-bond acceptors (Lipinski definition) is 7. The van der Waals surface area contributed by atoms with Crippen LogP contribution in [0.15, 0.2) is 375 Å². The molecule has 16 aromatic carbocycles. The van der Waals surface area contributed by atoms with E-state index in [4.69, 9.17) is 29.3 Å². The Kier molecular flexibility index (Phi) is 14.1. The lowest BCUT2D eigenvalue weighted by Crippen LogP contribution is -1.99. The monoisotopic (exact) mass is 1470 g/mol. The summed E-state index contributed by atoms with van der Waals surface area (Å²) < 4.78 is 17.1. The van der Waals surface area contributed by atoms with Crippen LogP contribution in [0.25, 0.3) is 230 Å². The van der Waals surface area contributed by atoms with Crippen LogP contribution in [0.2, 0.25) is 0 Å². The topological polar surface area (TPSA) is 97.3 Å². The summed E-state index contributed by atoms with van der Waals surface area (Å²) in [5.74, 6) is 0.856. The molecule has 9 heterocycles. The highest BCUT2D eigenvalue weighted by atomic mass is 32.1. The second-order valence-corrected chi connectivity index (χ2v) is 30.4. The zero-order chi connectivity index (χ0) is 74.6. The van der Waals surface area contributed by atoms with E-state index in [0.29, 0.717) is 5.71 Å². The SMILES string of the molecule is c1ccc(-n2c3ccccc3c3c(-c4nc5oc6ccccc6c5nc4-c4cc(-n5c6ccccc6c6cc7ccccc7cc65)c5ccccc5c4)cccc32)cc1.c1ccc(-n2c3ccccc3c3c(-c4nc5sc6ccccc6c5nc4-c4ccc(-n5c6ccccc6c6cc7ccccc7cc65)nc4)cccc32)cc1. The summed E-state index contributed by atoms with van der Waals surface area (Å²) in [6.45, 7) is 0. The molecular weight excluding hydrogens is 1410 g/mol. The Bertz CT molecular complexity index is 8310. The van der Waals surface area contributed by atoms with E-state index in [0.717, 1.165) is 171 Å². The van der Waals surface area contributed by atoms with E-state index in [2.05, 4.69) is 364 Å². The fourth-order valence-corrected chi connectivity index (χ4v) is 19.1. The van der Waals surface area contributed by atoms with Gasteiger partial charge in [0.2, 0.25) is 5.71 Å². The van der Waals surface area contributed by atoms with E-state index >= 15 is 0 Å². The molecule has 0 amide bonds. The number of nitrogens with zero attached hydrogens (tertiary/aromatic N) is 9. The zero-order valence-electron chi connectivity index (χ0n) is 61.1. The second kappa shape index (κ2) is 25.2. The van der Waals surface area contributed by atoms with Crippen LogP contribution in [-0.4, -0.2) is 43.2 Å². The Hall–Kier alpha value is -15.2. The molecule has 0 aliphatic heterocycles. The van der Waals surface area contributed by atoms with Crippen LogP contribution in [0, 0.1) is 0 Å². The molecule has 530 valence electrons. The molecule has 9 aromatic heterocycles. The van der Waals surface area contributed by atoms with E-state index in [1.807, 2.05) is 24.4 Å². The summed E-state index contributed by atoms with van der Waals surface area (Å²) in [7, 11) is 0. The summed E-state index contributed by atoms with van der Waals surface area (Å²) in [6, 6.07) is 129. The van der Waals surface area contributed by atoms with Gasteiger partial charge in [-0.05, 0) is 154 Å². The molecule has 11 heteroatoms. The van der Waals surface area contributed by atoms with Crippen LogP contribution < -0.4 is 0 Å². The Labute approximate surface area is 654 Å². The molecule has 0 N–H and O–H groups in total. The van der Waals surface area contributed by atoms with Gasteiger partial charge >= 0.3 is 0 Å². The first kappa shape index (κ1) is 63.7. The molecule has 0 saturated carbocycles. The number of benzene rings is 16. The fourth-order valence-electron chi connectivity index (χ4n) is 18.1. The van der Waals surface area contributed by atoms with Gasteiger partial charge in [0.15, 0.2) is 0 Å². The maximum absolute atomic E-state index is 6.48. The average Bonchev–Trinajstić information content (AvgIpc) is 1.55. The summed E-state index contributed by atoms with van der Waals surface area (Å²) in [5.41, 5.74) is 22.5. The maximum atomic E-state index is 6.48. The van der Waals surface area contributed by atoms with Gasteiger partial charge in [-0.1, -0.05) is 237 Å². The van der Waals surface area contributed by atoms with Gasteiger partial charge in [-0.3, -0.25) is 4.57 Å². The predicted molar refractivity (Wildman–Crippen MR) is 474 cm³/mol. The Morgan fingerprint density at radius 3 is 1.32 bits per heavy atom. The molecule has 0 spiro atoms. The third kappa shape index (κ3) is 9.76. The van der Waals surface area contributed by atoms with Gasteiger partial charge in [0.1, 0.15) is 33.0 Å². The van der Waals surface area contributed by atoms with Crippen molar-refractivity contribution in [1.29, 1.82) is 0 Å². The van der Waals surface area contributed by atoms with Gasteiger partial charge in [-0.2, -0.15) is 0 Å². The van der Waals surface area contributed by atoms with Gasteiger partial charge in [0.05, 0.1) is 66.9 Å². The summed E-state index contributed by atoms with van der Waals surface area (Å²) in [6.07, 6.45) is 1.97. The minimum absolute atomic E-state index is 0.518. The van der Waals surface area contributed by atoms with Crippen LogP contribution in [0.3, 0.4) is 0 Å². The molecule has 0 saturated heterocycles. The van der Waals surface area contributed by atoms with E-state index in [-0.39, 0.29) is 0 Å². The van der Waals surface area contributed by atoms with Crippen molar-refractivity contribution in [2.45, 2.75) is 0 Å². The quantitative estimate of drug-likeness (QED) is 0.150. The number of rotatable bonds is 8. The number of furan rings is 1. The first-order valence-corrected chi connectivity index (χ1v) is 39.3. The molecule has 0 atom stereocenters. The normalized spacial score (nSPS) is 12.0. The number of pyridine rings is 1. The second-order valence-electron chi connectivity index (χ2n) is 29.4. The van der Waals surface area contributed by atoms with Crippen molar-refractivity contribution in [2.24, 2.45) is 0 Å². The Morgan fingerprint density at radius 1 is 0.263 bits per heavy atom. The highest BCUT2D eigenvalue weighted by molar-refractivity contribution is 7.25. The van der Waals surface area contributed by atoms with Crippen molar-refractivity contribution in [3.8, 4) is 67.9 Å². The third-order valence-electron chi connectivity index (χ3n) is 23.0. The summed E-state index contributed by atoms with van der Waals surface area (Å²) in [4.78, 5) is 28.1. The maximum Gasteiger partial charge on any atom is 0.246 e. The van der Waals surface area contributed by atoms with Gasteiger partial charge < -0.3 is 18.1 Å². The van der Waals surface area contributed by atoms with Crippen molar-refractivity contribution in [2.75, 3.05) is 0 Å². The minimum Gasteiger partial charge on any atom is -0.436 e. The lowest BCUT2D eigenvalue weighted by atomic mass is 9.96. The molecule has 0 fully saturated rings. The van der Waals surface area contributed by atoms with E-state index in [9.17, 15) is 0 Å². The molecular formula is C103H61N9OS. The molecule has 114 heavy (non-hydrogen) atoms. The average molecular weight is 1470 g/mol. The highest BCUT2D eigenvalue weighted by Gasteiger charge is 2.27. The van der Waals surface area contributed by atoms with Crippen molar-refractivity contribution in [1.82, 2.24) is 43.2 Å². The van der Waals surface area contributed by atoms with Crippen molar-refractivity contribution in [3.63, 3.8) is 0 Å². The largest absolute Gasteiger partial charge is 0.436 e. The lowest BCUT2D eigenvalue weighted by molar-refractivity contribution is 0.653. The molecule has 0 bridgehead atoms. The highest BCUT2D eigenvalue weighted by Crippen LogP contribution is 2.48. The molecule has 25 rings (SSSR count). The molecule has 0 aliphatic rings. The van der Waals surface area contributed by atoms with Crippen molar-refractivity contribution < 1.29 is 4.42 Å². The third-order valence-corrected chi connectivity index (χ3v) is 24.1. The molecule has 25 aromatic rings. The zero-order valence-corrected chi connectivity index (χ0v) is 61.9. The Morgan fingerprint density at radius 2 is 0.719 bits per heavy atom. The summed E-state index contributed by atoms with van der Waals surface area (Å²) in [5, 5.41) is 18.7. The van der Waals surface area contributed by atoms with Crippen LogP contribution in [0.5, 0.6) is 0 Å². The van der Waals surface area contributed by atoms with Crippen LogP contribution in [-0.2, 0) is 0 Å². The van der Waals surface area contributed by atoms with Crippen molar-refractivity contribution >= 4 is 174 Å². The van der Waals surface area contributed by atoms with Crippen LogP contribution in [0.1, 0.15) is 0 Å². The molecule has 0 radical (unpaired) electrons. The molecule has 0 aliphatic carbocycles. The number of thiophene rings is 1. The number of hydrogen-bond donors (Lipinski definition) is 0. The van der Waals surface area contributed by atoms with E-state index in [1.54, 1.807) is 11.3 Å². The molecule has 0 unspecified atom stereocenters. The van der Waals surface area contributed by atoms with Gasteiger partial charge in [-0.25, -0.2) is 24.9 Å². The van der Waals surface area contributed by atoms with Gasteiger partial charge in [0, 0.05) is 104 Å². The van der Waals surface area contributed by atoms with Gasteiger partial charge in [0.25, 0.3) is 0 Å². The smallest absolute Gasteiger partial charge is 0.246 e. The van der Waals surface area contributed by atoms with Gasteiger partial charge in [-0.15, -0.1) is 11.3 Å². The van der Waals surface area contributed by atoms with E-state index < -0.39 is 0 Å². The minimum atomic E-state index is 0.518. The predicted octanol–water partition coefficient (Wildman–Crippen LogP) is 27.1. The van der Waals surface area contributed by atoms with Crippen molar-refractivity contribution in [3.05, 3.63) is 370 Å². The number of aromatic nitrogens is 9. The first-order chi connectivity index (χ1) is 56.5. The summed E-state index contributed by atoms with van der Waals surface area (Å²) >= 11 is 1.69. The van der Waals surface area contributed by atoms with Crippen LogP contribution in [0.4, 0.5) is 0 Å². The standard InChI is InChI=1S/C54H32N4O.C49H29N5S/c1-2-18-37(19-3-1)57-45-26-12-9-22-40(45)50-42(24-14-27-46(50)57)52-51(55-53-41-23-10-13-28-49(41)59-54(53)56-52)36-29-35-17-6-7-20-38(35)47(32-36)58-44-25-11-8-21-39(44)43-30-33-15-4-5-16-34(33)31-48(43)58;1-2-15-33(16-3-1)53-40-22-10-7-18-35(40)45-37(20-12-23-41(45)53)47-46(51-48-36-19-8-11-24-43(36)55-49(48)52-47)32-25-26-44(50-29-32)54-39-21-9-6-17-34(39)38-27-30-13-4-5-14-31(30)28-42(38)54/h1-32H;1-29H. The van der Waals surface area contributed by atoms with E-state index in [1.165, 1.54) is 53.2 Å². The lowest BCUT2D eigenvalue weighted by Gasteiger charge is -2.16. The first-order valence-electron chi connectivity index (χ1n) is 38.4.